The largest absolute Gasteiger partial charge is 0.485 e. The number of rotatable bonds is 7. The summed E-state index contributed by atoms with van der Waals surface area (Å²) in [5, 5.41) is 8.36. The third kappa shape index (κ3) is 5.39. The number of nitrogens with zero attached hydrogens (tertiary/aromatic N) is 4. The van der Waals surface area contributed by atoms with E-state index in [9.17, 15) is 4.39 Å². The summed E-state index contributed by atoms with van der Waals surface area (Å²) in [7, 11) is 1.47. The quantitative estimate of drug-likeness (QED) is 0.199. The molecule has 1 N–H and O–H groups in total. The van der Waals surface area contributed by atoms with Crippen molar-refractivity contribution in [3.63, 3.8) is 0 Å². The lowest BCUT2D eigenvalue weighted by atomic mass is 9.87. The molecule has 3 aliphatic heterocycles. The number of methoxy groups -OCH3 is 1. The number of halogens is 2. The standard InChI is InChI=1S/C33H35ClFN5O4/c1-33(24-7-6-21(34)14-25(24)35)19-43-29-5-3-4-23(31(29)44-33)20-8-11-39(12-9-20)18-30-38-26-15-27(32(36)41-2)37-16-28(26)40(30)17-22-10-13-42-22/h3-7,14-16,20,22,36H,8-13,17-19H2,1-2H3/t22-,33+/m0/s1. The number of hydrogen-bond donors (Lipinski definition) is 1. The van der Waals surface area contributed by atoms with Gasteiger partial charge in [-0.25, -0.2) is 14.4 Å². The van der Waals surface area contributed by atoms with Gasteiger partial charge in [0.25, 0.3) is 0 Å². The van der Waals surface area contributed by atoms with Crippen molar-refractivity contribution in [3.05, 3.63) is 82.1 Å². The molecule has 0 aliphatic carbocycles. The van der Waals surface area contributed by atoms with Gasteiger partial charge < -0.3 is 23.5 Å². The number of hydrogen-bond acceptors (Lipinski definition) is 8. The van der Waals surface area contributed by atoms with Crippen LogP contribution < -0.4 is 9.47 Å². The zero-order chi connectivity index (χ0) is 30.4. The van der Waals surface area contributed by atoms with Crippen molar-refractivity contribution < 1.29 is 23.3 Å². The molecule has 9 nitrogen and oxygen atoms in total. The van der Waals surface area contributed by atoms with Gasteiger partial charge in [-0.2, -0.15) is 0 Å². The van der Waals surface area contributed by atoms with Crippen LogP contribution in [0.4, 0.5) is 4.39 Å². The first kappa shape index (κ1) is 29.0. The molecular weight excluding hydrogens is 585 g/mol. The molecular formula is C33H35ClFN5O4. The third-order valence-corrected chi connectivity index (χ3v) is 9.30. The van der Waals surface area contributed by atoms with Crippen molar-refractivity contribution in [2.75, 3.05) is 33.4 Å². The minimum Gasteiger partial charge on any atom is -0.485 e. The number of likely N-dealkylation sites (tertiary alicyclic amines) is 1. The molecule has 0 saturated carbocycles. The van der Waals surface area contributed by atoms with E-state index in [1.165, 1.54) is 13.2 Å². The summed E-state index contributed by atoms with van der Waals surface area (Å²) >= 11 is 6.01. The van der Waals surface area contributed by atoms with Crippen molar-refractivity contribution in [1.82, 2.24) is 19.4 Å². The van der Waals surface area contributed by atoms with Crippen LogP contribution in [-0.2, 0) is 28.2 Å². The molecule has 11 heteroatoms. The maximum Gasteiger partial charge on any atom is 0.232 e. The summed E-state index contributed by atoms with van der Waals surface area (Å²) in [5.74, 6) is 2.24. The molecule has 0 unspecified atom stereocenters. The summed E-state index contributed by atoms with van der Waals surface area (Å²) in [6.07, 6.45) is 4.86. The molecule has 2 aromatic heterocycles. The average Bonchev–Trinajstić information content (AvgIpc) is 3.34. The predicted octanol–water partition coefficient (Wildman–Crippen LogP) is 6.05. The Morgan fingerprint density at radius 1 is 1.18 bits per heavy atom. The van der Waals surface area contributed by atoms with E-state index in [4.69, 9.17) is 40.9 Å². The lowest BCUT2D eigenvalue weighted by molar-refractivity contribution is -0.0592. The van der Waals surface area contributed by atoms with Gasteiger partial charge in [0.05, 0.1) is 43.5 Å². The monoisotopic (exact) mass is 619 g/mol. The molecule has 7 rings (SSSR count). The normalized spacial score (nSPS) is 22.1. The lowest BCUT2D eigenvalue weighted by Crippen LogP contribution is -2.41. The van der Waals surface area contributed by atoms with E-state index in [1.54, 1.807) is 18.3 Å². The van der Waals surface area contributed by atoms with Gasteiger partial charge in [-0.05, 0) is 69.5 Å². The number of piperidine rings is 1. The van der Waals surface area contributed by atoms with E-state index in [-0.39, 0.29) is 24.5 Å². The van der Waals surface area contributed by atoms with Crippen LogP contribution in [0.1, 0.15) is 54.7 Å². The Balaban J connectivity index is 1.09. The highest BCUT2D eigenvalue weighted by molar-refractivity contribution is 6.30. The van der Waals surface area contributed by atoms with Crippen LogP contribution in [0.25, 0.3) is 11.0 Å². The van der Waals surface area contributed by atoms with E-state index < -0.39 is 11.4 Å². The van der Waals surface area contributed by atoms with Gasteiger partial charge in [0.1, 0.15) is 23.9 Å². The van der Waals surface area contributed by atoms with Gasteiger partial charge in [0, 0.05) is 22.8 Å². The summed E-state index contributed by atoms with van der Waals surface area (Å²) in [6.45, 7) is 6.06. The SMILES string of the molecule is COC(=N)c1cc2nc(CN3CCC(c4cccc5c4O[C@@](C)(c4ccc(Cl)cc4F)CO5)CC3)n(C[C@@H]3CCO3)c2cn1. The fourth-order valence-electron chi connectivity index (χ4n) is 6.46. The second kappa shape index (κ2) is 11.6. The Hall–Kier alpha value is -3.73. The second-order valence-corrected chi connectivity index (χ2v) is 12.4. The summed E-state index contributed by atoms with van der Waals surface area (Å²) in [4.78, 5) is 11.9. The maximum atomic E-state index is 14.9. The Morgan fingerprint density at radius 3 is 2.73 bits per heavy atom. The highest BCUT2D eigenvalue weighted by Gasteiger charge is 2.39. The van der Waals surface area contributed by atoms with Crippen LogP contribution in [0.5, 0.6) is 11.5 Å². The van der Waals surface area contributed by atoms with Crippen LogP contribution in [0.3, 0.4) is 0 Å². The van der Waals surface area contributed by atoms with Crippen molar-refractivity contribution in [2.45, 2.75) is 56.9 Å². The van der Waals surface area contributed by atoms with Crippen LogP contribution in [0, 0.1) is 11.2 Å². The Morgan fingerprint density at radius 2 is 2.00 bits per heavy atom. The first-order valence-electron chi connectivity index (χ1n) is 15.0. The van der Waals surface area contributed by atoms with Gasteiger partial charge >= 0.3 is 0 Å². The number of imidazole rings is 1. The molecule has 2 saturated heterocycles. The number of para-hydroxylation sites is 1. The first-order chi connectivity index (χ1) is 21.3. The zero-order valence-corrected chi connectivity index (χ0v) is 25.6. The summed E-state index contributed by atoms with van der Waals surface area (Å²) in [6, 6.07) is 12.5. The van der Waals surface area contributed by atoms with Gasteiger partial charge in [-0.3, -0.25) is 10.3 Å². The minimum absolute atomic E-state index is 0.0171. The summed E-state index contributed by atoms with van der Waals surface area (Å²) in [5.41, 5.74) is 2.74. The summed E-state index contributed by atoms with van der Waals surface area (Å²) < 4.78 is 40.7. The molecule has 5 heterocycles. The first-order valence-corrected chi connectivity index (χ1v) is 15.4. The average molecular weight is 620 g/mol. The minimum atomic E-state index is -0.974. The number of fused-ring (bicyclic) bond motifs is 2. The maximum absolute atomic E-state index is 14.9. The fraction of sp³-hybridized carbons (Fsp3) is 0.424. The van der Waals surface area contributed by atoms with E-state index in [0.717, 1.165) is 67.9 Å². The molecule has 2 atom stereocenters. The topological polar surface area (TPSA) is 94.7 Å². The van der Waals surface area contributed by atoms with E-state index >= 15 is 0 Å². The molecule has 0 bridgehead atoms. The van der Waals surface area contributed by atoms with Crippen LogP contribution >= 0.6 is 11.6 Å². The van der Waals surface area contributed by atoms with Crippen molar-refractivity contribution >= 4 is 28.5 Å². The third-order valence-electron chi connectivity index (χ3n) is 9.06. The molecule has 230 valence electrons. The molecule has 0 spiro atoms. The van der Waals surface area contributed by atoms with Crippen LogP contribution in [0.15, 0.2) is 48.7 Å². The van der Waals surface area contributed by atoms with Gasteiger partial charge in [0.15, 0.2) is 17.1 Å². The van der Waals surface area contributed by atoms with Crippen LogP contribution in [0.2, 0.25) is 5.02 Å². The number of pyridine rings is 1. The van der Waals surface area contributed by atoms with E-state index in [0.29, 0.717) is 34.3 Å². The van der Waals surface area contributed by atoms with Gasteiger partial charge in [-0.1, -0.05) is 29.8 Å². The number of nitrogens with one attached hydrogen (secondary N) is 1. The molecule has 4 aromatic rings. The lowest BCUT2D eigenvalue weighted by Gasteiger charge is -2.39. The van der Waals surface area contributed by atoms with E-state index in [2.05, 4.69) is 20.5 Å². The fourth-order valence-corrected chi connectivity index (χ4v) is 6.62. The van der Waals surface area contributed by atoms with Crippen molar-refractivity contribution in [2.24, 2.45) is 0 Å². The van der Waals surface area contributed by atoms with Crippen molar-refractivity contribution in [1.29, 1.82) is 5.41 Å². The Kier molecular flexibility index (Phi) is 7.68. The van der Waals surface area contributed by atoms with E-state index in [1.807, 2.05) is 25.1 Å². The second-order valence-electron chi connectivity index (χ2n) is 12.0. The molecule has 2 aromatic carbocycles. The number of aromatic nitrogens is 3. The highest BCUT2D eigenvalue weighted by atomic mass is 35.5. The molecule has 0 amide bonds. The Bertz CT molecular complexity index is 1720. The number of ether oxygens (including phenoxy) is 4. The smallest absolute Gasteiger partial charge is 0.232 e. The van der Waals surface area contributed by atoms with Crippen molar-refractivity contribution in [3.8, 4) is 11.5 Å². The van der Waals surface area contributed by atoms with Gasteiger partial charge in [-0.15, -0.1) is 0 Å². The zero-order valence-electron chi connectivity index (χ0n) is 24.8. The highest BCUT2D eigenvalue weighted by Crippen LogP contribution is 2.46. The molecule has 3 aliphatic rings. The number of benzene rings is 2. The van der Waals surface area contributed by atoms with Crippen LogP contribution in [-0.4, -0.2) is 64.8 Å². The predicted molar refractivity (Wildman–Crippen MR) is 164 cm³/mol. The van der Waals surface area contributed by atoms with Gasteiger partial charge in [0.2, 0.25) is 5.90 Å². The Labute approximate surface area is 260 Å². The molecule has 2 fully saturated rings. The molecule has 0 radical (unpaired) electrons. The molecule has 44 heavy (non-hydrogen) atoms.